The van der Waals surface area contributed by atoms with E-state index in [0.29, 0.717) is 17.6 Å². The Kier molecular flexibility index (Phi) is 7.23. The quantitative estimate of drug-likeness (QED) is 0.174. The third-order valence-electron chi connectivity index (χ3n) is 12.8. The Bertz CT molecular complexity index is 3710. The average molecular weight is 796 g/mol. The Morgan fingerprint density at radius 1 is 0.371 bits per heavy atom. The third-order valence-corrected chi connectivity index (χ3v) is 12.8. The molecule has 0 fully saturated rings. The zero-order valence-electron chi connectivity index (χ0n) is 34.0. The van der Waals surface area contributed by atoms with Gasteiger partial charge in [-0.2, -0.15) is 9.97 Å². The molecule has 7 heteroatoms. The minimum absolute atomic E-state index is 0.195. The molecule has 4 aromatic heterocycles. The molecule has 0 radical (unpaired) electrons. The van der Waals surface area contributed by atoms with Crippen LogP contribution in [0.5, 0.6) is 0 Å². The third kappa shape index (κ3) is 4.99. The van der Waals surface area contributed by atoms with Crippen molar-refractivity contribution in [2.75, 3.05) is 0 Å². The van der Waals surface area contributed by atoms with Gasteiger partial charge >= 0.3 is 0 Å². The van der Waals surface area contributed by atoms with Crippen molar-refractivity contribution in [3.63, 3.8) is 0 Å². The summed E-state index contributed by atoms with van der Waals surface area (Å²) in [5.41, 5.74) is 13.9. The van der Waals surface area contributed by atoms with Gasteiger partial charge in [-0.25, -0.2) is 9.97 Å². The van der Waals surface area contributed by atoms with Gasteiger partial charge in [-0.15, -0.1) is 0 Å². The van der Waals surface area contributed by atoms with E-state index >= 15 is 0 Å². The number of rotatable bonds is 5. The number of fused-ring (bicyclic) bond motifs is 11. The van der Waals surface area contributed by atoms with E-state index in [1.165, 1.54) is 16.6 Å². The predicted molar refractivity (Wildman–Crippen MR) is 252 cm³/mol. The van der Waals surface area contributed by atoms with Crippen LogP contribution in [0.1, 0.15) is 25.2 Å². The normalized spacial score (nSPS) is 13.1. The number of para-hydroxylation sites is 3. The van der Waals surface area contributed by atoms with E-state index in [-0.39, 0.29) is 5.41 Å². The zero-order chi connectivity index (χ0) is 41.1. The van der Waals surface area contributed by atoms with E-state index in [1.807, 2.05) is 36.4 Å². The molecule has 5 heterocycles. The van der Waals surface area contributed by atoms with Crippen LogP contribution in [-0.2, 0) is 5.41 Å². The number of aromatic nitrogens is 7. The molecule has 0 amide bonds. The second kappa shape index (κ2) is 12.9. The van der Waals surface area contributed by atoms with Crippen LogP contribution in [0.25, 0.3) is 106 Å². The van der Waals surface area contributed by atoms with E-state index in [1.54, 1.807) is 0 Å². The molecule has 292 valence electrons. The van der Waals surface area contributed by atoms with E-state index < -0.39 is 0 Å². The molecule has 1 aliphatic rings. The summed E-state index contributed by atoms with van der Waals surface area (Å²) in [5, 5.41) is 4.56. The van der Waals surface area contributed by atoms with Crippen molar-refractivity contribution >= 4 is 54.6 Å². The van der Waals surface area contributed by atoms with Crippen molar-refractivity contribution in [3.05, 3.63) is 199 Å². The molecule has 0 unspecified atom stereocenters. The fraction of sp³-hybridized carbons (Fsp3) is 0.0545. The molecule has 0 aliphatic carbocycles. The lowest BCUT2D eigenvalue weighted by Crippen LogP contribution is -2.16. The minimum Gasteiger partial charge on any atom is -0.309 e. The molecule has 0 atom stereocenters. The Balaban J connectivity index is 1.09. The first-order valence-electron chi connectivity index (χ1n) is 21.1. The van der Waals surface area contributed by atoms with Gasteiger partial charge in [-0.05, 0) is 91.2 Å². The zero-order valence-corrected chi connectivity index (χ0v) is 34.0. The smallest absolute Gasteiger partial charge is 0.238 e. The fourth-order valence-electron chi connectivity index (χ4n) is 9.87. The Morgan fingerprint density at radius 2 is 0.919 bits per heavy atom. The van der Waals surface area contributed by atoms with Crippen LogP contribution >= 0.6 is 0 Å². The van der Waals surface area contributed by atoms with Gasteiger partial charge in [-0.3, -0.25) is 9.13 Å². The van der Waals surface area contributed by atoms with E-state index in [9.17, 15) is 0 Å². The van der Waals surface area contributed by atoms with Crippen molar-refractivity contribution in [2.45, 2.75) is 19.3 Å². The van der Waals surface area contributed by atoms with Crippen molar-refractivity contribution in [3.8, 4) is 51.2 Å². The number of hydrogen-bond donors (Lipinski definition) is 0. The first-order valence-corrected chi connectivity index (χ1v) is 21.1. The molecule has 0 saturated carbocycles. The Labute approximate surface area is 356 Å². The predicted octanol–water partition coefficient (Wildman–Crippen LogP) is 13.0. The summed E-state index contributed by atoms with van der Waals surface area (Å²) in [6.45, 7) is 4.54. The second-order valence-electron chi connectivity index (χ2n) is 16.8. The van der Waals surface area contributed by atoms with Crippen LogP contribution in [0, 0.1) is 0 Å². The van der Waals surface area contributed by atoms with Gasteiger partial charge in [0.15, 0.2) is 11.6 Å². The summed E-state index contributed by atoms with van der Waals surface area (Å²) in [4.78, 5) is 20.9. The standard InChI is InChI=1S/C55H37N7/c1-55(2)43-23-13-15-25-47(43)61-48-29-27-37(31-44(48)56-53(55)61)36-26-28-46-40(30-36)42-33-49-41(39-22-12-14-24-45(39)60(49)38-20-10-5-11-21-38)32-50(42)62(46)54-58-51(34-16-6-3-7-17-34)57-52(59-54)35-18-8-4-9-19-35/h3-33H,1-2H3. The molecular weight excluding hydrogens is 759 g/mol. The second-order valence-corrected chi connectivity index (χ2v) is 16.8. The molecule has 0 saturated heterocycles. The molecule has 13 rings (SSSR count). The van der Waals surface area contributed by atoms with Gasteiger partial charge in [0, 0.05) is 38.4 Å². The highest BCUT2D eigenvalue weighted by molar-refractivity contribution is 6.19. The average Bonchev–Trinajstić information content (AvgIpc) is 4.04. The highest BCUT2D eigenvalue weighted by Gasteiger charge is 2.38. The lowest BCUT2D eigenvalue weighted by molar-refractivity contribution is 0.621. The number of hydrogen-bond acceptors (Lipinski definition) is 4. The topological polar surface area (TPSA) is 66.3 Å². The number of nitrogens with zero attached hydrogens (tertiary/aromatic N) is 7. The maximum atomic E-state index is 5.30. The monoisotopic (exact) mass is 795 g/mol. The van der Waals surface area contributed by atoms with Crippen LogP contribution in [0.15, 0.2) is 188 Å². The Morgan fingerprint density at radius 3 is 1.65 bits per heavy atom. The van der Waals surface area contributed by atoms with E-state index in [0.717, 1.165) is 83.0 Å². The molecule has 0 N–H and O–H groups in total. The van der Waals surface area contributed by atoms with Crippen LogP contribution in [0.2, 0.25) is 0 Å². The van der Waals surface area contributed by atoms with Crippen molar-refractivity contribution in [1.29, 1.82) is 0 Å². The highest BCUT2D eigenvalue weighted by atomic mass is 15.2. The first-order chi connectivity index (χ1) is 30.5. The molecule has 1 aliphatic heterocycles. The lowest BCUT2D eigenvalue weighted by atomic mass is 9.86. The molecule has 12 aromatic rings. The SMILES string of the molecule is CC1(C)c2ccccc2-n2c1nc1cc(-c3ccc4c(c3)c3cc5c(cc3n4-c3nc(-c4ccccc4)nc(-c4ccccc4)n3)c3ccccc3n5-c3ccccc3)ccc12. The van der Waals surface area contributed by atoms with Gasteiger partial charge in [0.1, 0.15) is 5.82 Å². The molecule has 0 bridgehead atoms. The highest BCUT2D eigenvalue weighted by Crippen LogP contribution is 2.45. The molecule has 7 nitrogen and oxygen atoms in total. The maximum absolute atomic E-state index is 5.30. The fourth-order valence-corrected chi connectivity index (χ4v) is 9.87. The van der Waals surface area contributed by atoms with Crippen LogP contribution in [-0.4, -0.2) is 33.6 Å². The van der Waals surface area contributed by atoms with Crippen LogP contribution in [0.4, 0.5) is 0 Å². The lowest BCUT2D eigenvalue weighted by Gasteiger charge is -2.17. The summed E-state index contributed by atoms with van der Waals surface area (Å²) in [6, 6.07) is 66.5. The van der Waals surface area contributed by atoms with Gasteiger partial charge in [0.2, 0.25) is 5.95 Å². The van der Waals surface area contributed by atoms with Crippen molar-refractivity contribution in [1.82, 2.24) is 33.6 Å². The van der Waals surface area contributed by atoms with Gasteiger partial charge in [-0.1, -0.05) is 127 Å². The molecule has 62 heavy (non-hydrogen) atoms. The summed E-state index contributed by atoms with van der Waals surface area (Å²) in [5.74, 6) is 2.88. The van der Waals surface area contributed by atoms with Crippen molar-refractivity contribution in [2.24, 2.45) is 0 Å². The summed E-state index contributed by atoms with van der Waals surface area (Å²) in [6.07, 6.45) is 0. The van der Waals surface area contributed by atoms with Gasteiger partial charge in [0.05, 0.1) is 44.2 Å². The van der Waals surface area contributed by atoms with Crippen LogP contribution in [0.3, 0.4) is 0 Å². The van der Waals surface area contributed by atoms with Crippen molar-refractivity contribution < 1.29 is 0 Å². The molecule has 0 spiro atoms. The molecular formula is C55H37N7. The maximum Gasteiger partial charge on any atom is 0.238 e. The summed E-state index contributed by atoms with van der Waals surface area (Å²) in [7, 11) is 0. The minimum atomic E-state index is -0.195. The number of benzene rings is 8. The van der Waals surface area contributed by atoms with E-state index in [2.05, 4.69) is 179 Å². The summed E-state index contributed by atoms with van der Waals surface area (Å²) >= 11 is 0. The Hall–Kier alpha value is -8.16. The van der Waals surface area contributed by atoms with Crippen LogP contribution < -0.4 is 0 Å². The van der Waals surface area contributed by atoms with Gasteiger partial charge < -0.3 is 4.57 Å². The van der Waals surface area contributed by atoms with E-state index in [4.69, 9.17) is 19.9 Å². The summed E-state index contributed by atoms with van der Waals surface area (Å²) < 4.78 is 6.95. The first kappa shape index (κ1) is 34.7. The number of imidazole rings is 1. The molecule has 8 aromatic carbocycles. The largest absolute Gasteiger partial charge is 0.309 e. The van der Waals surface area contributed by atoms with Gasteiger partial charge in [0.25, 0.3) is 0 Å².